The zero-order chi connectivity index (χ0) is 29.4. The molecule has 1 fully saturated rings. The van der Waals surface area contributed by atoms with E-state index in [-0.39, 0.29) is 60.6 Å². The van der Waals surface area contributed by atoms with Gasteiger partial charge in [0.1, 0.15) is 13.2 Å². The summed E-state index contributed by atoms with van der Waals surface area (Å²) in [4.78, 5) is 34.5. The van der Waals surface area contributed by atoms with Crippen molar-refractivity contribution in [3.63, 3.8) is 0 Å². The summed E-state index contributed by atoms with van der Waals surface area (Å²) in [5, 5.41) is 0. The third-order valence-corrected chi connectivity index (χ3v) is 8.10. The van der Waals surface area contributed by atoms with Crippen LogP contribution in [0, 0.1) is 29.6 Å². The highest BCUT2D eigenvalue weighted by Gasteiger charge is 2.49. The van der Waals surface area contributed by atoms with E-state index in [4.69, 9.17) is 9.47 Å². The molecule has 0 spiro atoms. The fourth-order valence-electron chi connectivity index (χ4n) is 3.74. The molecule has 0 aliphatic heterocycles. The minimum Gasteiger partial charge on any atom is -0.449 e. The van der Waals surface area contributed by atoms with Gasteiger partial charge in [0.25, 0.3) is 8.60 Å². The van der Waals surface area contributed by atoms with E-state index in [2.05, 4.69) is 35.1 Å². The maximum Gasteiger partial charge on any atom is 0.518 e. The van der Waals surface area contributed by atoms with Gasteiger partial charge in [-0.3, -0.25) is 0 Å². The van der Waals surface area contributed by atoms with Gasteiger partial charge in [0, 0.05) is 25.9 Å². The molecule has 40 heavy (non-hydrogen) atoms. The van der Waals surface area contributed by atoms with E-state index in [1.165, 1.54) is 0 Å². The van der Waals surface area contributed by atoms with Crippen LogP contribution in [0.2, 0.25) is 0 Å². The Bertz CT molecular complexity index is 1160. The minimum absolute atomic E-state index is 0.0113. The Morgan fingerprint density at radius 3 is 2.00 bits per heavy atom. The first kappa shape index (κ1) is 33.9. The van der Waals surface area contributed by atoms with Crippen molar-refractivity contribution in [2.45, 2.75) is 25.7 Å². The maximum absolute atomic E-state index is 12.0. The predicted molar refractivity (Wildman–Crippen MR) is 142 cm³/mol. The van der Waals surface area contributed by atoms with E-state index >= 15 is 0 Å². The number of amides is 2. The Morgan fingerprint density at radius 1 is 0.825 bits per heavy atom. The summed E-state index contributed by atoms with van der Waals surface area (Å²) in [6.45, 7) is -1.44. The molecule has 2 aliphatic rings. The Morgan fingerprint density at radius 2 is 1.40 bits per heavy atom. The highest BCUT2D eigenvalue weighted by atomic mass is 32.2. The lowest BCUT2D eigenvalue weighted by atomic mass is 10.1. The van der Waals surface area contributed by atoms with Gasteiger partial charge < -0.3 is 23.5 Å². The molecule has 2 amide bonds. The Labute approximate surface area is 236 Å². The topological polar surface area (TPSA) is 226 Å². The number of hydrogen-bond donors (Lipinski definition) is 4. The van der Waals surface area contributed by atoms with E-state index in [1.54, 1.807) is 9.44 Å². The van der Waals surface area contributed by atoms with Crippen LogP contribution in [0.1, 0.15) is 25.7 Å². The summed E-state index contributed by atoms with van der Waals surface area (Å²) < 4.78 is 81.8. The number of nitrogens with zero attached hydrogens (tertiary/aromatic N) is 1. The standard InChI is InChI=1S/C19H31N5O12P2S2/c25-17(22-40(30,31)21-8-10-34-19(27)36-38-24-37)33-12-11-32-9-7-20-39(28,29)23-18(26)35-13-16-14-5-3-1-2-4-6-15(14)16/h14-16,20-21H,3-13,37H2,(H,22,25)(H,23,26)/t14-,15+,16?. The second-order valence-corrected chi connectivity index (χ2v) is 12.4. The summed E-state index contributed by atoms with van der Waals surface area (Å²) >= 11 is 0. The van der Waals surface area contributed by atoms with Crippen LogP contribution in [0.25, 0.3) is 0 Å². The number of carbonyl (C=O) groups excluding carboxylic acids is 3. The number of rotatable bonds is 16. The van der Waals surface area contributed by atoms with Crippen LogP contribution in [0.15, 0.2) is 4.52 Å². The van der Waals surface area contributed by atoms with Gasteiger partial charge in [-0.15, -0.1) is 11.8 Å². The largest absolute Gasteiger partial charge is 0.518 e. The first-order chi connectivity index (χ1) is 19.0. The average molecular weight is 648 g/mol. The minimum atomic E-state index is -4.29. The molecule has 0 bridgehead atoms. The number of hydrogen-bond acceptors (Lipinski definition) is 13. The second-order valence-electron chi connectivity index (χ2n) is 8.16. The van der Waals surface area contributed by atoms with E-state index < -0.39 is 38.8 Å². The van der Waals surface area contributed by atoms with E-state index in [0.717, 1.165) is 25.7 Å². The molecule has 0 aromatic heterocycles. The molecule has 0 aromatic carbocycles. The van der Waals surface area contributed by atoms with Gasteiger partial charge in [0.15, 0.2) is 0 Å². The van der Waals surface area contributed by atoms with E-state index in [9.17, 15) is 31.2 Å². The van der Waals surface area contributed by atoms with Gasteiger partial charge in [-0.05, 0) is 40.0 Å². The second kappa shape index (κ2) is 17.5. The highest BCUT2D eigenvalue weighted by molar-refractivity contribution is 7.88. The summed E-state index contributed by atoms with van der Waals surface area (Å²) in [5.74, 6) is 7.31. The van der Waals surface area contributed by atoms with Crippen molar-refractivity contribution in [2.24, 2.45) is 22.3 Å². The summed E-state index contributed by atoms with van der Waals surface area (Å²) in [5.41, 5.74) is 0. The van der Waals surface area contributed by atoms with E-state index in [0.29, 0.717) is 11.8 Å². The van der Waals surface area contributed by atoms with Gasteiger partial charge in [0.05, 0.1) is 19.8 Å². The molecule has 0 radical (unpaired) electrons. The number of carbonyl (C=O) groups is 3. The van der Waals surface area contributed by atoms with Crippen molar-refractivity contribution in [3.05, 3.63) is 0 Å². The third-order valence-electron chi connectivity index (χ3n) is 5.46. The van der Waals surface area contributed by atoms with Crippen molar-refractivity contribution < 1.29 is 54.7 Å². The SMILES string of the molecule is O=C(NS(=O)(=O)NCCOC(=O)OP=NP)OCCOCCNS(=O)(=O)NC(=O)OCC1[C@H]2CCC#CCC[C@@H]12. The monoisotopic (exact) mass is 647 g/mol. The molecule has 1 saturated carbocycles. The first-order valence-corrected chi connectivity index (χ1v) is 16.1. The van der Waals surface area contributed by atoms with Crippen molar-refractivity contribution >= 4 is 56.8 Å². The maximum atomic E-state index is 12.0. The fourth-order valence-corrected chi connectivity index (χ4v) is 5.46. The van der Waals surface area contributed by atoms with Crippen LogP contribution in [0.5, 0.6) is 0 Å². The lowest BCUT2D eigenvalue weighted by Gasteiger charge is -2.10. The summed E-state index contributed by atoms with van der Waals surface area (Å²) in [6, 6.07) is 0. The molecule has 0 heterocycles. The van der Waals surface area contributed by atoms with Crippen molar-refractivity contribution in [1.82, 2.24) is 18.9 Å². The molecule has 226 valence electrons. The molecular formula is C19H31N5O12P2S2. The van der Waals surface area contributed by atoms with Crippen molar-refractivity contribution in [2.75, 3.05) is 46.1 Å². The molecule has 0 aromatic rings. The molecule has 4 N–H and O–H groups in total. The van der Waals surface area contributed by atoms with Crippen LogP contribution in [-0.4, -0.2) is 81.3 Å². The Balaban J connectivity index is 1.48. The highest BCUT2D eigenvalue weighted by Crippen LogP contribution is 2.52. The smallest absolute Gasteiger partial charge is 0.449 e. The van der Waals surface area contributed by atoms with Crippen molar-refractivity contribution in [3.8, 4) is 11.8 Å². The number of fused-ring (bicyclic) bond motifs is 1. The zero-order valence-corrected chi connectivity index (χ0v) is 24.9. The molecule has 0 saturated heterocycles. The number of nitrogens with one attached hydrogen (secondary N) is 4. The Kier molecular flexibility index (Phi) is 14.8. The van der Waals surface area contributed by atoms with Gasteiger partial charge in [-0.2, -0.15) is 26.3 Å². The predicted octanol–water partition coefficient (Wildman–Crippen LogP) is 0.552. The molecule has 17 nitrogen and oxygen atoms in total. The van der Waals surface area contributed by atoms with E-state index in [1.807, 2.05) is 14.1 Å². The molecule has 2 aliphatic carbocycles. The molecule has 21 heteroatoms. The number of ether oxygens (including phenoxy) is 4. The lowest BCUT2D eigenvalue weighted by Crippen LogP contribution is -2.42. The normalized spacial score (nSPS) is 20.1. The molecule has 2 unspecified atom stereocenters. The molecule has 2 rings (SSSR count). The molecule has 4 atom stereocenters. The van der Waals surface area contributed by atoms with Gasteiger partial charge in [0.2, 0.25) is 0 Å². The fraction of sp³-hybridized carbons (Fsp3) is 0.737. The third kappa shape index (κ3) is 14.4. The quantitative estimate of drug-likeness (QED) is 0.0592. The van der Waals surface area contributed by atoms with Gasteiger partial charge >= 0.3 is 38.8 Å². The average Bonchev–Trinajstić information content (AvgIpc) is 3.51. The van der Waals surface area contributed by atoms with Crippen LogP contribution < -0.4 is 18.9 Å². The molecular weight excluding hydrogens is 616 g/mol. The summed E-state index contributed by atoms with van der Waals surface area (Å²) in [7, 11) is -6.51. The lowest BCUT2D eigenvalue weighted by molar-refractivity contribution is 0.0776. The van der Waals surface area contributed by atoms with Crippen LogP contribution in [0.3, 0.4) is 0 Å². The van der Waals surface area contributed by atoms with Gasteiger partial charge in [-0.25, -0.2) is 28.3 Å². The van der Waals surface area contributed by atoms with Crippen LogP contribution in [-0.2, 0) is 43.9 Å². The first-order valence-electron chi connectivity index (χ1n) is 11.9. The van der Waals surface area contributed by atoms with Gasteiger partial charge in [-0.1, -0.05) is 0 Å². The zero-order valence-electron chi connectivity index (χ0n) is 21.2. The van der Waals surface area contributed by atoms with Crippen LogP contribution in [0.4, 0.5) is 14.4 Å². The van der Waals surface area contributed by atoms with Crippen LogP contribution >= 0.6 is 18.0 Å². The summed E-state index contributed by atoms with van der Waals surface area (Å²) in [6.07, 6.45) is 0.0945. The van der Waals surface area contributed by atoms with Crippen molar-refractivity contribution in [1.29, 1.82) is 0 Å². The Hall–Kier alpha value is -2.32.